The SMILES string of the molecule is O=C(O)c1cc2ccccc2nc1OCCO. The quantitative estimate of drug-likeness (QED) is 0.832. The first-order chi connectivity index (χ1) is 8.22. The van der Waals surface area contributed by atoms with Crippen LogP contribution in [0.4, 0.5) is 0 Å². The third-order valence-electron chi connectivity index (χ3n) is 2.25. The number of pyridine rings is 1. The zero-order chi connectivity index (χ0) is 12.3. The molecule has 0 bridgehead atoms. The smallest absolute Gasteiger partial charge is 0.341 e. The Balaban J connectivity index is 2.54. The number of rotatable bonds is 4. The van der Waals surface area contributed by atoms with Gasteiger partial charge in [-0.25, -0.2) is 9.78 Å². The van der Waals surface area contributed by atoms with Crippen LogP contribution in [0.5, 0.6) is 5.88 Å². The number of nitrogens with zero attached hydrogens (tertiary/aromatic N) is 1. The number of benzene rings is 1. The Kier molecular flexibility index (Phi) is 3.20. The third kappa shape index (κ3) is 2.34. The molecule has 0 aliphatic rings. The van der Waals surface area contributed by atoms with Crippen LogP contribution in [0.2, 0.25) is 0 Å². The maximum Gasteiger partial charge on any atom is 0.341 e. The van der Waals surface area contributed by atoms with E-state index in [0.29, 0.717) is 5.52 Å². The summed E-state index contributed by atoms with van der Waals surface area (Å²) in [7, 11) is 0. The maximum absolute atomic E-state index is 11.0. The number of aliphatic hydroxyl groups is 1. The summed E-state index contributed by atoms with van der Waals surface area (Å²) in [5, 5.41) is 18.4. The molecule has 0 atom stereocenters. The molecule has 1 aromatic carbocycles. The molecular weight excluding hydrogens is 222 g/mol. The van der Waals surface area contributed by atoms with E-state index >= 15 is 0 Å². The van der Waals surface area contributed by atoms with E-state index in [2.05, 4.69) is 4.98 Å². The molecule has 0 aliphatic heterocycles. The van der Waals surface area contributed by atoms with Crippen molar-refractivity contribution in [3.05, 3.63) is 35.9 Å². The van der Waals surface area contributed by atoms with Crippen molar-refractivity contribution < 1.29 is 19.7 Å². The molecule has 0 amide bonds. The van der Waals surface area contributed by atoms with E-state index in [1.807, 2.05) is 12.1 Å². The highest BCUT2D eigenvalue weighted by atomic mass is 16.5. The van der Waals surface area contributed by atoms with Gasteiger partial charge in [0.15, 0.2) is 0 Å². The molecule has 17 heavy (non-hydrogen) atoms. The maximum atomic E-state index is 11.0. The lowest BCUT2D eigenvalue weighted by molar-refractivity contribution is 0.0690. The fourth-order valence-electron chi connectivity index (χ4n) is 1.50. The first-order valence-corrected chi connectivity index (χ1v) is 5.09. The summed E-state index contributed by atoms with van der Waals surface area (Å²) >= 11 is 0. The Hall–Kier alpha value is -2.14. The number of fused-ring (bicyclic) bond motifs is 1. The number of carboxylic acids is 1. The zero-order valence-electron chi connectivity index (χ0n) is 8.96. The molecule has 2 rings (SSSR count). The Labute approximate surface area is 97.3 Å². The number of carboxylic acid groups (broad SMARTS) is 1. The number of aromatic nitrogens is 1. The molecular formula is C12H11NO4. The van der Waals surface area contributed by atoms with Crippen molar-refractivity contribution >= 4 is 16.9 Å². The molecule has 0 saturated carbocycles. The molecule has 5 nitrogen and oxygen atoms in total. The highest BCUT2D eigenvalue weighted by Crippen LogP contribution is 2.22. The monoisotopic (exact) mass is 233 g/mol. The standard InChI is InChI=1S/C12H11NO4/c14-5-6-17-11-9(12(15)16)7-8-3-1-2-4-10(8)13-11/h1-4,7,14H,5-6H2,(H,15,16). The van der Waals surface area contributed by atoms with Crippen LogP contribution in [-0.2, 0) is 0 Å². The molecule has 0 radical (unpaired) electrons. The highest BCUT2D eigenvalue weighted by Gasteiger charge is 2.14. The summed E-state index contributed by atoms with van der Waals surface area (Å²) < 4.78 is 5.11. The summed E-state index contributed by atoms with van der Waals surface area (Å²) in [6.07, 6.45) is 0. The van der Waals surface area contributed by atoms with E-state index in [-0.39, 0.29) is 24.7 Å². The highest BCUT2D eigenvalue weighted by molar-refractivity contribution is 5.95. The largest absolute Gasteiger partial charge is 0.477 e. The van der Waals surface area contributed by atoms with Crippen LogP contribution >= 0.6 is 0 Å². The molecule has 2 aromatic rings. The molecule has 0 fully saturated rings. The molecule has 2 N–H and O–H groups in total. The van der Waals surface area contributed by atoms with E-state index in [1.54, 1.807) is 12.1 Å². The van der Waals surface area contributed by atoms with Crippen molar-refractivity contribution in [1.29, 1.82) is 0 Å². The minimum atomic E-state index is -1.10. The molecule has 5 heteroatoms. The van der Waals surface area contributed by atoms with Crippen molar-refractivity contribution in [2.75, 3.05) is 13.2 Å². The lowest BCUT2D eigenvalue weighted by Gasteiger charge is -2.08. The fourth-order valence-corrected chi connectivity index (χ4v) is 1.50. The van der Waals surface area contributed by atoms with Crippen molar-refractivity contribution in [3.63, 3.8) is 0 Å². The minimum absolute atomic E-state index is 0.00264. The zero-order valence-corrected chi connectivity index (χ0v) is 8.96. The van der Waals surface area contributed by atoms with E-state index in [1.165, 1.54) is 6.07 Å². The van der Waals surface area contributed by atoms with Gasteiger partial charge < -0.3 is 14.9 Å². The number of aliphatic hydroxyl groups excluding tert-OH is 1. The van der Waals surface area contributed by atoms with Gasteiger partial charge in [-0.1, -0.05) is 18.2 Å². The fraction of sp³-hybridized carbons (Fsp3) is 0.167. The van der Waals surface area contributed by atoms with Gasteiger partial charge in [0.2, 0.25) is 5.88 Å². The lowest BCUT2D eigenvalue weighted by Crippen LogP contribution is -2.08. The Morgan fingerprint density at radius 3 is 2.82 bits per heavy atom. The molecule has 1 aromatic heterocycles. The first kappa shape index (κ1) is 11.3. The molecule has 1 heterocycles. The number of aromatic carboxylic acids is 1. The van der Waals surface area contributed by atoms with Crippen LogP contribution in [0.3, 0.4) is 0 Å². The number of hydrogen-bond acceptors (Lipinski definition) is 4. The van der Waals surface area contributed by atoms with E-state index in [0.717, 1.165) is 5.39 Å². The molecule has 88 valence electrons. The Morgan fingerprint density at radius 2 is 2.12 bits per heavy atom. The third-order valence-corrected chi connectivity index (χ3v) is 2.25. The summed E-state index contributed by atoms with van der Waals surface area (Å²) in [6, 6.07) is 8.68. The summed E-state index contributed by atoms with van der Waals surface area (Å²) in [6.45, 7) is -0.167. The van der Waals surface area contributed by atoms with Crippen molar-refractivity contribution in [2.45, 2.75) is 0 Å². The van der Waals surface area contributed by atoms with Gasteiger partial charge in [-0.15, -0.1) is 0 Å². The predicted molar refractivity (Wildman–Crippen MR) is 61.3 cm³/mol. The molecule has 0 aliphatic carbocycles. The number of para-hydroxylation sites is 1. The van der Waals surface area contributed by atoms with Crippen LogP contribution in [0.15, 0.2) is 30.3 Å². The van der Waals surface area contributed by atoms with Crippen LogP contribution in [-0.4, -0.2) is 34.4 Å². The molecule has 0 unspecified atom stereocenters. The minimum Gasteiger partial charge on any atom is -0.477 e. The van der Waals surface area contributed by atoms with Crippen LogP contribution in [0, 0.1) is 0 Å². The number of carbonyl (C=O) groups is 1. The van der Waals surface area contributed by atoms with Crippen molar-refractivity contribution in [3.8, 4) is 5.88 Å². The second-order valence-corrected chi connectivity index (χ2v) is 3.41. The van der Waals surface area contributed by atoms with Gasteiger partial charge in [-0.2, -0.15) is 0 Å². The van der Waals surface area contributed by atoms with Gasteiger partial charge in [-0.05, 0) is 12.1 Å². The predicted octanol–water partition coefficient (Wildman–Crippen LogP) is 1.30. The second kappa shape index (κ2) is 4.80. The van der Waals surface area contributed by atoms with Gasteiger partial charge in [0.1, 0.15) is 12.2 Å². The average Bonchev–Trinajstić information content (AvgIpc) is 2.35. The molecule has 0 saturated heterocycles. The van der Waals surface area contributed by atoms with Gasteiger partial charge >= 0.3 is 5.97 Å². The van der Waals surface area contributed by atoms with Crippen LogP contribution in [0.1, 0.15) is 10.4 Å². The summed E-state index contributed by atoms with van der Waals surface area (Å²) in [5.74, 6) is -1.07. The Bertz CT molecular complexity index is 553. The number of ether oxygens (including phenoxy) is 1. The summed E-state index contributed by atoms with van der Waals surface area (Å²) in [5.41, 5.74) is 0.655. The van der Waals surface area contributed by atoms with E-state index < -0.39 is 5.97 Å². The molecule has 0 spiro atoms. The summed E-state index contributed by atoms with van der Waals surface area (Å²) in [4.78, 5) is 15.2. The lowest BCUT2D eigenvalue weighted by atomic mass is 10.1. The van der Waals surface area contributed by atoms with E-state index in [9.17, 15) is 4.79 Å². The van der Waals surface area contributed by atoms with Crippen molar-refractivity contribution in [2.24, 2.45) is 0 Å². The average molecular weight is 233 g/mol. The van der Waals surface area contributed by atoms with Crippen LogP contribution in [0.25, 0.3) is 10.9 Å². The topological polar surface area (TPSA) is 79.7 Å². The van der Waals surface area contributed by atoms with Gasteiger partial charge in [0.05, 0.1) is 12.1 Å². The van der Waals surface area contributed by atoms with Gasteiger partial charge in [-0.3, -0.25) is 0 Å². The first-order valence-electron chi connectivity index (χ1n) is 5.09. The number of hydrogen-bond donors (Lipinski definition) is 2. The second-order valence-electron chi connectivity index (χ2n) is 3.41. The van der Waals surface area contributed by atoms with Crippen LogP contribution < -0.4 is 4.74 Å². The van der Waals surface area contributed by atoms with Gasteiger partial charge in [0.25, 0.3) is 0 Å². The van der Waals surface area contributed by atoms with Crippen molar-refractivity contribution in [1.82, 2.24) is 4.98 Å². The van der Waals surface area contributed by atoms with E-state index in [4.69, 9.17) is 14.9 Å². The normalized spacial score (nSPS) is 10.4. The Morgan fingerprint density at radius 1 is 1.35 bits per heavy atom. The van der Waals surface area contributed by atoms with Gasteiger partial charge in [0, 0.05) is 5.39 Å².